The third-order valence-electron chi connectivity index (χ3n) is 2.08. The number of amides is 1. The summed E-state index contributed by atoms with van der Waals surface area (Å²) in [4.78, 5) is 11.3. The molecule has 1 atom stereocenters. The fourth-order valence-electron chi connectivity index (χ4n) is 1.29. The minimum absolute atomic E-state index is 0. The van der Waals surface area contributed by atoms with Gasteiger partial charge in [0.15, 0.2) is 0 Å². The molecule has 0 bridgehead atoms. The zero-order valence-electron chi connectivity index (χ0n) is 9.29. The third kappa shape index (κ3) is 4.96. The van der Waals surface area contributed by atoms with Crippen LogP contribution in [0.3, 0.4) is 0 Å². The van der Waals surface area contributed by atoms with Gasteiger partial charge in [-0.2, -0.15) is 0 Å². The second-order valence-electron chi connectivity index (χ2n) is 3.37. The maximum Gasteiger partial charge on any atom is 0.234 e. The Labute approximate surface area is 111 Å². The van der Waals surface area contributed by atoms with Gasteiger partial charge in [0, 0.05) is 4.47 Å². The molecule has 5 heteroatoms. The second-order valence-corrected chi connectivity index (χ2v) is 4.29. The van der Waals surface area contributed by atoms with Crippen LogP contribution in [0.5, 0.6) is 0 Å². The van der Waals surface area contributed by atoms with E-state index in [0.717, 1.165) is 10.0 Å². The number of carbonyl (C=O) groups is 1. The summed E-state index contributed by atoms with van der Waals surface area (Å²) in [5.41, 5.74) is 1.10. The van der Waals surface area contributed by atoms with Crippen molar-refractivity contribution in [3.8, 4) is 0 Å². The highest BCUT2D eigenvalue weighted by atomic mass is 79.9. The van der Waals surface area contributed by atoms with Crippen molar-refractivity contribution in [2.24, 2.45) is 0 Å². The highest BCUT2D eigenvalue weighted by molar-refractivity contribution is 9.10. The molecule has 0 aromatic heterocycles. The summed E-state index contributed by atoms with van der Waals surface area (Å²) in [7, 11) is 1.75. The van der Waals surface area contributed by atoms with Gasteiger partial charge >= 0.3 is 0 Å². The lowest BCUT2D eigenvalue weighted by atomic mass is 10.1. The van der Waals surface area contributed by atoms with Gasteiger partial charge in [0.1, 0.15) is 0 Å². The van der Waals surface area contributed by atoms with Crippen molar-refractivity contribution in [1.29, 1.82) is 0 Å². The maximum absolute atomic E-state index is 11.3. The molecule has 1 aromatic rings. The smallest absolute Gasteiger partial charge is 0.234 e. The van der Waals surface area contributed by atoms with E-state index in [9.17, 15) is 4.79 Å². The van der Waals surface area contributed by atoms with E-state index in [1.54, 1.807) is 7.05 Å². The number of carbonyl (C=O) groups excluding carboxylic acids is 1. The molecular formula is C11H16BrClN2O. The van der Waals surface area contributed by atoms with Crippen molar-refractivity contribution in [1.82, 2.24) is 10.6 Å². The Hall–Kier alpha value is -0.580. The molecule has 0 fully saturated rings. The van der Waals surface area contributed by atoms with Gasteiger partial charge in [0.25, 0.3) is 0 Å². The first-order chi connectivity index (χ1) is 7.13. The van der Waals surface area contributed by atoms with Crippen LogP contribution in [0, 0.1) is 0 Å². The second kappa shape index (κ2) is 7.65. The molecule has 0 aliphatic carbocycles. The molecule has 0 aliphatic heterocycles. The van der Waals surface area contributed by atoms with Crippen LogP contribution in [0.4, 0.5) is 0 Å². The zero-order chi connectivity index (χ0) is 11.3. The first kappa shape index (κ1) is 15.4. The predicted octanol–water partition coefficient (Wildman–Crippen LogP) is 2.27. The summed E-state index contributed by atoms with van der Waals surface area (Å²) in [5, 5.41) is 5.71. The molecule has 16 heavy (non-hydrogen) atoms. The summed E-state index contributed by atoms with van der Waals surface area (Å²) in [6.07, 6.45) is 0. The molecule has 0 heterocycles. The van der Waals surface area contributed by atoms with Gasteiger partial charge in [-0.05, 0) is 31.7 Å². The topological polar surface area (TPSA) is 41.1 Å². The van der Waals surface area contributed by atoms with E-state index < -0.39 is 0 Å². The average Bonchev–Trinajstić information content (AvgIpc) is 2.18. The normalized spacial score (nSPS) is 11.4. The zero-order valence-corrected chi connectivity index (χ0v) is 11.7. The largest absolute Gasteiger partial charge is 0.348 e. The molecule has 0 aliphatic rings. The van der Waals surface area contributed by atoms with Crippen LogP contribution < -0.4 is 10.6 Å². The highest BCUT2D eigenvalue weighted by Crippen LogP contribution is 2.16. The van der Waals surface area contributed by atoms with E-state index in [1.807, 2.05) is 31.2 Å². The summed E-state index contributed by atoms with van der Waals surface area (Å²) >= 11 is 3.37. The molecule has 0 spiro atoms. The van der Waals surface area contributed by atoms with Crippen molar-refractivity contribution in [3.63, 3.8) is 0 Å². The number of benzene rings is 1. The van der Waals surface area contributed by atoms with Crippen LogP contribution in [0.15, 0.2) is 28.7 Å². The van der Waals surface area contributed by atoms with Crippen LogP contribution in [0.2, 0.25) is 0 Å². The highest BCUT2D eigenvalue weighted by Gasteiger charge is 2.07. The van der Waals surface area contributed by atoms with Crippen LogP contribution in [0.1, 0.15) is 18.5 Å². The Morgan fingerprint density at radius 3 is 2.44 bits per heavy atom. The van der Waals surface area contributed by atoms with Gasteiger partial charge < -0.3 is 10.6 Å². The summed E-state index contributed by atoms with van der Waals surface area (Å²) in [6, 6.07) is 7.97. The molecule has 1 rings (SSSR count). The Morgan fingerprint density at radius 1 is 1.38 bits per heavy atom. The van der Waals surface area contributed by atoms with Gasteiger partial charge in [-0.25, -0.2) is 0 Å². The van der Waals surface area contributed by atoms with E-state index in [2.05, 4.69) is 26.6 Å². The minimum Gasteiger partial charge on any atom is -0.348 e. The Balaban J connectivity index is 0.00000225. The first-order valence-electron chi connectivity index (χ1n) is 4.83. The number of halogens is 2. The summed E-state index contributed by atoms with van der Waals surface area (Å²) in [5.74, 6) is 0.00733. The van der Waals surface area contributed by atoms with Crippen molar-refractivity contribution in [2.75, 3.05) is 13.6 Å². The number of hydrogen-bond acceptors (Lipinski definition) is 2. The van der Waals surface area contributed by atoms with Crippen LogP contribution >= 0.6 is 28.3 Å². The van der Waals surface area contributed by atoms with Gasteiger partial charge in [-0.3, -0.25) is 4.79 Å². The van der Waals surface area contributed by atoms with Crippen molar-refractivity contribution < 1.29 is 4.79 Å². The Kier molecular flexibility index (Phi) is 7.38. The van der Waals surface area contributed by atoms with Gasteiger partial charge in [-0.15, -0.1) is 12.4 Å². The minimum atomic E-state index is 0. The average molecular weight is 308 g/mol. The molecule has 90 valence electrons. The fourth-order valence-corrected chi connectivity index (χ4v) is 1.55. The standard InChI is InChI=1S/C11H15BrN2O.ClH/c1-8(14-11(15)7-13-2)9-3-5-10(12)6-4-9;/h3-6,8,13H,7H2,1-2H3,(H,14,15);1H. The molecule has 1 amide bonds. The SMILES string of the molecule is CNCC(=O)NC(C)c1ccc(Br)cc1.Cl. The number of rotatable bonds is 4. The summed E-state index contributed by atoms with van der Waals surface area (Å²) < 4.78 is 1.04. The van der Waals surface area contributed by atoms with Crippen molar-refractivity contribution in [3.05, 3.63) is 34.3 Å². The maximum atomic E-state index is 11.3. The molecule has 0 radical (unpaired) electrons. The lowest BCUT2D eigenvalue weighted by Crippen LogP contribution is -2.33. The lowest BCUT2D eigenvalue weighted by molar-refractivity contribution is -0.120. The number of likely N-dealkylation sites (N-methyl/N-ethyl adjacent to an activating group) is 1. The van der Waals surface area contributed by atoms with E-state index in [1.165, 1.54) is 0 Å². The van der Waals surface area contributed by atoms with Gasteiger partial charge in [-0.1, -0.05) is 28.1 Å². The van der Waals surface area contributed by atoms with E-state index in [0.29, 0.717) is 6.54 Å². The fraction of sp³-hybridized carbons (Fsp3) is 0.364. The number of hydrogen-bond donors (Lipinski definition) is 2. The Morgan fingerprint density at radius 2 is 1.94 bits per heavy atom. The molecule has 3 nitrogen and oxygen atoms in total. The lowest BCUT2D eigenvalue weighted by Gasteiger charge is -2.14. The quantitative estimate of drug-likeness (QED) is 0.896. The van der Waals surface area contributed by atoms with E-state index in [4.69, 9.17) is 0 Å². The molecule has 0 saturated carbocycles. The van der Waals surface area contributed by atoms with Crippen molar-refractivity contribution >= 4 is 34.2 Å². The predicted molar refractivity (Wildman–Crippen MR) is 71.9 cm³/mol. The van der Waals surface area contributed by atoms with E-state index in [-0.39, 0.29) is 24.4 Å². The van der Waals surface area contributed by atoms with Crippen LogP contribution in [-0.2, 0) is 4.79 Å². The van der Waals surface area contributed by atoms with Crippen LogP contribution in [-0.4, -0.2) is 19.5 Å². The van der Waals surface area contributed by atoms with E-state index >= 15 is 0 Å². The van der Waals surface area contributed by atoms with Gasteiger partial charge in [0.2, 0.25) is 5.91 Å². The van der Waals surface area contributed by atoms with Crippen molar-refractivity contribution in [2.45, 2.75) is 13.0 Å². The Bertz CT molecular complexity index is 329. The molecule has 1 unspecified atom stereocenters. The monoisotopic (exact) mass is 306 g/mol. The van der Waals surface area contributed by atoms with Gasteiger partial charge in [0.05, 0.1) is 12.6 Å². The number of nitrogens with one attached hydrogen (secondary N) is 2. The first-order valence-corrected chi connectivity index (χ1v) is 5.62. The molecule has 1 aromatic carbocycles. The van der Waals surface area contributed by atoms with Crippen LogP contribution in [0.25, 0.3) is 0 Å². The molecular weight excluding hydrogens is 291 g/mol. The third-order valence-corrected chi connectivity index (χ3v) is 2.61. The molecule has 2 N–H and O–H groups in total. The molecule has 0 saturated heterocycles. The summed E-state index contributed by atoms with van der Waals surface area (Å²) in [6.45, 7) is 2.32.